The highest BCUT2D eigenvalue weighted by molar-refractivity contribution is 7.09. The zero-order chi connectivity index (χ0) is 14.8. The molecule has 3 rings (SSSR count). The maximum atomic E-state index is 11.5. The van der Waals surface area contributed by atoms with E-state index in [0.717, 1.165) is 43.6 Å². The summed E-state index contributed by atoms with van der Waals surface area (Å²) in [5.41, 5.74) is 6.52. The molecule has 110 valence electrons. The molecule has 0 amide bonds. The molecule has 0 N–H and O–H groups in total. The van der Waals surface area contributed by atoms with Crippen LogP contribution in [0, 0.1) is 6.92 Å². The molecule has 0 aliphatic carbocycles. The van der Waals surface area contributed by atoms with Gasteiger partial charge in [-0.05, 0) is 50.5 Å². The summed E-state index contributed by atoms with van der Waals surface area (Å²) in [7, 11) is 0. The maximum absolute atomic E-state index is 11.5. The van der Waals surface area contributed by atoms with Gasteiger partial charge in [0.05, 0.1) is 11.2 Å². The third-order valence-electron chi connectivity index (χ3n) is 4.15. The summed E-state index contributed by atoms with van der Waals surface area (Å²) in [6.07, 6.45) is 3.28. The second kappa shape index (κ2) is 5.98. The molecule has 0 saturated carbocycles. The molecular formula is C17H20N2OS. The molecule has 2 aromatic rings. The number of fused-ring (bicyclic) bond motifs is 1. The van der Waals surface area contributed by atoms with Crippen molar-refractivity contribution in [2.24, 2.45) is 0 Å². The summed E-state index contributed by atoms with van der Waals surface area (Å²) in [5.74, 6) is 0.148. The van der Waals surface area contributed by atoms with Crippen LogP contribution in [0.15, 0.2) is 23.7 Å². The molecule has 0 atom stereocenters. The van der Waals surface area contributed by atoms with Crippen molar-refractivity contribution >= 4 is 22.8 Å². The fourth-order valence-electron chi connectivity index (χ4n) is 2.93. The van der Waals surface area contributed by atoms with Gasteiger partial charge in [0.15, 0.2) is 5.78 Å². The van der Waals surface area contributed by atoms with E-state index in [1.807, 2.05) is 11.6 Å². The van der Waals surface area contributed by atoms with E-state index in [4.69, 9.17) is 0 Å². The van der Waals surface area contributed by atoms with Crippen LogP contribution in [0.1, 0.15) is 39.8 Å². The molecule has 0 bridgehead atoms. The van der Waals surface area contributed by atoms with E-state index in [0.29, 0.717) is 0 Å². The van der Waals surface area contributed by atoms with Crippen molar-refractivity contribution in [1.29, 1.82) is 0 Å². The Kier molecular flexibility index (Phi) is 4.06. The standard InChI is InChI=1S/C17H20N2OS/c1-12-17(21-11-18-12)7-9-19-8-3-4-15-10-14(13(2)20)5-6-16(15)19/h5-6,10-11H,3-4,7-9H2,1-2H3. The van der Waals surface area contributed by atoms with Crippen LogP contribution in [0.4, 0.5) is 5.69 Å². The van der Waals surface area contributed by atoms with Crippen molar-refractivity contribution in [3.05, 3.63) is 45.4 Å². The molecule has 1 aromatic carbocycles. The van der Waals surface area contributed by atoms with Gasteiger partial charge in [-0.2, -0.15) is 0 Å². The second-order valence-corrected chi connectivity index (χ2v) is 6.54. The highest BCUT2D eigenvalue weighted by Crippen LogP contribution is 2.28. The molecule has 0 fully saturated rings. The predicted octanol–water partition coefficient (Wildman–Crippen LogP) is 3.65. The van der Waals surface area contributed by atoms with E-state index in [2.05, 4.69) is 28.9 Å². The van der Waals surface area contributed by atoms with Gasteiger partial charge in [-0.25, -0.2) is 4.98 Å². The molecule has 0 saturated heterocycles. The molecule has 1 aliphatic rings. The number of thiazole rings is 1. The molecule has 1 aromatic heterocycles. The van der Waals surface area contributed by atoms with Crippen LogP contribution in [0.5, 0.6) is 0 Å². The van der Waals surface area contributed by atoms with Crippen LogP contribution in [0.2, 0.25) is 0 Å². The Labute approximate surface area is 129 Å². The molecule has 0 unspecified atom stereocenters. The number of nitrogens with zero attached hydrogens (tertiary/aromatic N) is 2. The zero-order valence-corrected chi connectivity index (χ0v) is 13.4. The van der Waals surface area contributed by atoms with E-state index in [1.54, 1.807) is 18.3 Å². The number of ketones is 1. The highest BCUT2D eigenvalue weighted by Gasteiger charge is 2.18. The van der Waals surface area contributed by atoms with Crippen LogP contribution >= 0.6 is 11.3 Å². The summed E-state index contributed by atoms with van der Waals surface area (Å²) in [4.78, 5) is 19.7. The first kappa shape index (κ1) is 14.3. The molecule has 0 radical (unpaired) electrons. The highest BCUT2D eigenvalue weighted by atomic mass is 32.1. The van der Waals surface area contributed by atoms with Gasteiger partial charge in [0.2, 0.25) is 0 Å². The van der Waals surface area contributed by atoms with Crippen molar-refractivity contribution in [1.82, 2.24) is 4.98 Å². The SMILES string of the molecule is CC(=O)c1ccc2c(c1)CCCN2CCc1scnc1C. The third-order valence-corrected chi connectivity index (χ3v) is 5.15. The number of carbonyl (C=O) groups is 1. The van der Waals surface area contributed by atoms with E-state index < -0.39 is 0 Å². The van der Waals surface area contributed by atoms with Gasteiger partial charge >= 0.3 is 0 Å². The van der Waals surface area contributed by atoms with Crippen LogP contribution in [0.25, 0.3) is 0 Å². The average molecular weight is 300 g/mol. The van der Waals surface area contributed by atoms with Crippen LogP contribution in [-0.4, -0.2) is 23.9 Å². The molecule has 3 nitrogen and oxygen atoms in total. The number of carbonyl (C=O) groups excluding carboxylic acids is 1. The first-order valence-electron chi connectivity index (χ1n) is 7.43. The van der Waals surface area contributed by atoms with E-state index in [9.17, 15) is 4.79 Å². The van der Waals surface area contributed by atoms with Crippen LogP contribution in [-0.2, 0) is 12.8 Å². The zero-order valence-electron chi connectivity index (χ0n) is 12.6. The van der Waals surface area contributed by atoms with Gasteiger partial charge in [-0.15, -0.1) is 11.3 Å². The lowest BCUT2D eigenvalue weighted by molar-refractivity contribution is 0.101. The fourth-order valence-corrected chi connectivity index (χ4v) is 3.70. The molecule has 21 heavy (non-hydrogen) atoms. The van der Waals surface area contributed by atoms with E-state index in [1.165, 1.54) is 16.1 Å². The molecule has 2 heterocycles. The molecule has 0 spiro atoms. The minimum Gasteiger partial charge on any atom is -0.371 e. The largest absolute Gasteiger partial charge is 0.371 e. The molecule has 1 aliphatic heterocycles. The maximum Gasteiger partial charge on any atom is 0.159 e. The van der Waals surface area contributed by atoms with Crippen molar-refractivity contribution in [3.63, 3.8) is 0 Å². The predicted molar refractivity (Wildman–Crippen MR) is 87.5 cm³/mol. The van der Waals surface area contributed by atoms with Crippen molar-refractivity contribution < 1.29 is 4.79 Å². The minimum atomic E-state index is 0.148. The lowest BCUT2D eigenvalue weighted by Gasteiger charge is -2.31. The number of hydrogen-bond donors (Lipinski definition) is 0. The topological polar surface area (TPSA) is 33.2 Å². The third kappa shape index (κ3) is 3.00. The Balaban J connectivity index is 1.77. The number of anilines is 1. The Morgan fingerprint density at radius 3 is 3.00 bits per heavy atom. The van der Waals surface area contributed by atoms with Gasteiger partial charge in [-0.1, -0.05) is 0 Å². The Hall–Kier alpha value is -1.68. The van der Waals surface area contributed by atoms with Crippen molar-refractivity contribution in [3.8, 4) is 0 Å². The average Bonchev–Trinajstić information content (AvgIpc) is 2.89. The smallest absolute Gasteiger partial charge is 0.159 e. The van der Waals surface area contributed by atoms with Crippen molar-refractivity contribution in [2.45, 2.75) is 33.1 Å². The molecular weight excluding hydrogens is 280 g/mol. The normalized spacial score (nSPS) is 14.1. The van der Waals surface area contributed by atoms with Crippen LogP contribution < -0.4 is 4.90 Å². The number of aromatic nitrogens is 1. The lowest BCUT2D eigenvalue weighted by Crippen LogP contribution is -2.31. The summed E-state index contributed by atoms with van der Waals surface area (Å²) in [5, 5.41) is 0. The summed E-state index contributed by atoms with van der Waals surface area (Å²) in [6, 6.07) is 6.14. The van der Waals surface area contributed by atoms with Crippen molar-refractivity contribution in [2.75, 3.05) is 18.0 Å². The first-order chi connectivity index (χ1) is 10.1. The van der Waals surface area contributed by atoms with Gasteiger partial charge in [0.1, 0.15) is 0 Å². The number of rotatable bonds is 4. The molecule has 4 heteroatoms. The monoisotopic (exact) mass is 300 g/mol. The van der Waals surface area contributed by atoms with Gasteiger partial charge in [-0.3, -0.25) is 4.79 Å². The number of hydrogen-bond acceptors (Lipinski definition) is 4. The quantitative estimate of drug-likeness (QED) is 0.808. The summed E-state index contributed by atoms with van der Waals surface area (Å²) in [6.45, 7) is 5.84. The fraction of sp³-hybridized carbons (Fsp3) is 0.412. The van der Waals surface area contributed by atoms with Crippen LogP contribution in [0.3, 0.4) is 0 Å². The summed E-state index contributed by atoms with van der Waals surface area (Å²) < 4.78 is 0. The number of benzene rings is 1. The van der Waals surface area contributed by atoms with E-state index in [-0.39, 0.29) is 5.78 Å². The second-order valence-electron chi connectivity index (χ2n) is 5.60. The van der Waals surface area contributed by atoms with Gasteiger partial charge in [0, 0.05) is 35.6 Å². The van der Waals surface area contributed by atoms with Gasteiger partial charge in [0.25, 0.3) is 0 Å². The first-order valence-corrected chi connectivity index (χ1v) is 8.31. The number of Topliss-reactive ketones (excluding diaryl/α,β-unsaturated/α-hetero) is 1. The number of aryl methyl sites for hydroxylation is 2. The Morgan fingerprint density at radius 2 is 2.29 bits per heavy atom. The lowest BCUT2D eigenvalue weighted by atomic mass is 9.98. The Bertz CT molecular complexity index is 663. The minimum absolute atomic E-state index is 0.148. The summed E-state index contributed by atoms with van der Waals surface area (Å²) >= 11 is 1.74. The van der Waals surface area contributed by atoms with Gasteiger partial charge < -0.3 is 4.90 Å². The Morgan fingerprint density at radius 1 is 1.43 bits per heavy atom. The van der Waals surface area contributed by atoms with E-state index >= 15 is 0 Å².